The van der Waals surface area contributed by atoms with Gasteiger partial charge in [0.2, 0.25) is 5.92 Å². The number of halogens is 2. The van der Waals surface area contributed by atoms with Gasteiger partial charge in [0.05, 0.1) is 12.8 Å². The summed E-state index contributed by atoms with van der Waals surface area (Å²) < 4.78 is 31.5. The van der Waals surface area contributed by atoms with Gasteiger partial charge in [-0.3, -0.25) is 0 Å². The first-order chi connectivity index (χ1) is 10.4. The van der Waals surface area contributed by atoms with Gasteiger partial charge in [-0.2, -0.15) is 5.10 Å². The molecule has 0 saturated carbocycles. The van der Waals surface area contributed by atoms with E-state index in [1.54, 1.807) is 17.9 Å². The Morgan fingerprint density at radius 1 is 1.27 bits per heavy atom. The third-order valence-electron chi connectivity index (χ3n) is 3.32. The Labute approximate surface area is 129 Å². The van der Waals surface area contributed by atoms with Crippen molar-refractivity contribution < 1.29 is 18.3 Å². The molecule has 7 heteroatoms. The highest BCUT2D eigenvalue weighted by molar-refractivity contribution is 5.94. The van der Waals surface area contributed by atoms with Crippen molar-refractivity contribution in [3.63, 3.8) is 0 Å². The Kier molecular flexibility index (Phi) is 6.64. The van der Waals surface area contributed by atoms with E-state index in [-0.39, 0.29) is 24.9 Å². The zero-order valence-corrected chi connectivity index (χ0v) is 13.5. The van der Waals surface area contributed by atoms with Gasteiger partial charge < -0.3 is 9.64 Å². The van der Waals surface area contributed by atoms with Crippen LogP contribution < -0.4 is 4.90 Å². The lowest BCUT2D eigenvalue weighted by atomic mass is 10.1. The van der Waals surface area contributed by atoms with Crippen LogP contribution in [0.5, 0.6) is 0 Å². The van der Waals surface area contributed by atoms with Crippen LogP contribution in [0.1, 0.15) is 49.2 Å². The predicted molar refractivity (Wildman–Crippen MR) is 80.5 cm³/mol. The molecule has 5 nitrogen and oxygen atoms in total. The molecule has 0 N–H and O–H groups in total. The van der Waals surface area contributed by atoms with Crippen molar-refractivity contribution in [2.24, 2.45) is 0 Å². The number of hydrogen-bond donors (Lipinski definition) is 0. The SMILES string of the molecule is CC.COC(=O)c1cc(C)nnc1N1CCCC(F)(F)CC1. The quantitative estimate of drug-likeness (QED) is 0.784. The molecule has 1 aromatic rings. The summed E-state index contributed by atoms with van der Waals surface area (Å²) in [5, 5.41) is 7.90. The molecule has 0 atom stereocenters. The van der Waals surface area contributed by atoms with Crippen LogP contribution in [0, 0.1) is 6.92 Å². The van der Waals surface area contributed by atoms with Crippen molar-refractivity contribution in [2.75, 3.05) is 25.1 Å². The number of rotatable bonds is 2. The summed E-state index contributed by atoms with van der Waals surface area (Å²) in [6, 6.07) is 1.57. The standard InChI is InChI=1S/C13H17F2N3O2.C2H6/c1-9-8-10(12(19)20-2)11(17-16-9)18-6-3-4-13(14,15)5-7-18;1-2/h8H,3-7H2,1-2H3;1-2H3. The number of ether oxygens (including phenoxy) is 1. The van der Waals surface area contributed by atoms with Gasteiger partial charge in [-0.1, -0.05) is 13.8 Å². The van der Waals surface area contributed by atoms with E-state index in [2.05, 4.69) is 10.2 Å². The number of nitrogens with zero attached hydrogens (tertiary/aromatic N) is 3. The highest BCUT2D eigenvalue weighted by Gasteiger charge is 2.33. The van der Waals surface area contributed by atoms with Crippen molar-refractivity contribution in [1.29, 1.82) is 0 Å². The van der Waals surface area contributed by atoms with Crippen LogP contribution in [-0.4, -0.2) is 42.3 Å². The fourth-order valence-electron chi connectivity index (χ4n) is 2.25. The summed E-state index contributed by atoms with van der Waals surface area (Å²) in [5.41, 5.74) is 0.847. The highest BCUT2D eigenvalue weighted by atomic mass is 19.3. The highest BCUT2D eigenvalue weighted by Crippen LogP contribution is 2.30. The van der Waals surface area contributed by atoms with E-state index in [9.17, 15) is 13.6 Å². The number of alkyl halides is 2. The second-order valence-electron chi connectivity index (χ2n) is 4.91. The molecule has 1 saturated heterocycles. The summed E-state index contributed by atoms with van der Waals surface area (Å²) in [7, 11) is 1.28. The number of hydrogen-bond acceptors (Lipinski definition) is 5. The average Bonchev–Trinajstić information content (AvgIpc) is 2.69. The molecular weight excluding hydrogens is 292 g/mol. The Balaban J connectivity index is 0.00000116. The number of carbonyl (C=O) groups is 1. The Morgan fingerprint density at radius 3 is 2.59 bits per heavy atom. The van der Waals surface area contributed by atoms with Gasteiger partial charge in [0.15, 0.2) is 5.82 Å². The van der Waals surface area contributed by atoms with Crippen molar-refractivity contribution in [3.8, 4) is 0 Å². The van der Waals surface area contributed by atoms with Crippen LogP contribution >= 0.6 is 0 Å². The van der Waals surface area contributed by atoms with Crippen molar-refractivity contribution in [1.82, 2.24) is 10.2 Å². The summed E-state index contributed by atoms with van der Waals surface area (Å²) >= 11 is 0. The van der Waals surface area contributed by atoms with E-state index in [0.29, 0.717) is 24.5 Å². The molecule has 0 radical (unpaired) electrons. The Morgan fingerprint density at radius 2 is 1.95 bits per heavy atom. The Hall–Kier alpha value is -1.79. The van der Waals surface area contributed by atoms with Gasteiger partial charge in [0.1, 0.15) is 5.56 Å². The van der Waals surface area contributed by atoms with Crippen LogP contribution in [0.3, 0.4) is 0 Å². The molecule has 2 heterocycles. The molecule has 0 amide bonds. The summed E-state index contributed by atoms with van der Waals surface area (Å²) in [6.45, 7) is 6.28. The number of aryl methyl sites for hydroxylation is 1. The van der Waals surface area contributed by atoms with Gasteiger partial charge in [0.25, 0.3) is 0 Å². The van der Waals surface area contributed by atoms with Gasteiger partial charge in [0, 0.05) is 25.9 Å². The normalized spacial score (nSPS) is 17.1. The molecular formula is C15H23F2N3O2. The van der Waals surface area contributed by atoms with Gasteiger partial charge in [-0.15, -0.1) is 5.10 Å². The van der Waals surface area contributed by atoms with E-state index in [1.807, 2.05) is 13.8 Å². The maximum absolute atomic E-state index is 13.4. The first kappa shape index (κ1) is 18.3. The van der Waals surface area contributed by atoms with Crippen LogP contribution in [-0.2, 0) is 4.74 Å². The number of anilines is 1. The fourth-order valence-corrected chi connectivity index (χ4v) is 2.25. The molecule has 0 bridgehead atoms. The maximum Gasteiger partial charge on any atom is 0.341 e. The maximum atomic E-state index is 13.4. The van der Waals surface area contributed by atoms with Crippen LogP contribution in [0.4, 0.5) is 14.6 Å². The van der Waals surface area contributed by atoms with E-state index in [1.165, 1.54) is 7.11 Å². The molecule has 1 aliphatic rings. The van der Waals surface area contributed by atoms with E-state index < -0.39 is 11.9 Å². The third-order valence-corrected chi connectivity index (χ3v) is 3.32. The van der Waals surface area contributed by atoms with Gasteiger partial charge >= 0.3 is 5.97 Å². The zero-order chi connectivity index (χ0) is 16.8. The molecule has 1 aliphatic heterocycles. The van der Waals surface area contributed by atoms with Crippen molar-refractivity contribution >= 4 is 11.8 Å². The van der Waals surface area contributed by atoms with Crippen LogP contribution in [0.15, 0.2) is 6.07 Å². The minimum atomic E-state index is -2.65. The molecule has 0 unspecified atom stereocenters. The Bertz CT molecular complexity index is 510. The molecule has 22 heavy (non-hydrogen) atoms. The predicted octanol–water partition coefficient (Wildman–Crippen LogP) is 3.22. The lowest BCUT2D eigenvalue weighted by molar-refractivity contribution is -0.0102. The molecule has 0 aromatic carbocycles. The molecule has 1 fully saturated rings. The first-order valence-electron chi connectivity index (χ1n) is 7.48. The minimum absolute atomic E-state index is 0.143. The summed E-state index contributed by atoms with van der Waals surface area (Å²) in [5.74, 6) is -2.87. The van der Waals surface area contributed by atoms with E-state index >= 15 is 0 Å². The lowest BCUT2D eigenvalue weighted by Crippen LogP contribution is -2.29. The first-order valence-corrected chi connectivity index (χ1v) is 7.48. The largest absolute Gasteiger partial charge is 0.465 e. The zero-order valence-electron chi connectivity index (χ0n) is 13.5. The fraction of sp³-hybridized carbons (Fsp3) is 0.667. The third kappa shape index (κ3) is 4.61. The lowest BCUT2D eigenvalue weighted by Gasteiger charge is -2.22. The van der Waals surface area contributed by atoms with Crippen LogP contribution in [0.2, 0.25) is 0 Å². The van der Waals surface area contributed by atoms with E-state index in [4.69, 9.17) is 4.74 Å². The number of aromatic nitrogens is 2. The molecule has 1 aromatic heterocycles. The summed E-state index contributed by atoms with van der Waals surface area (Å²) in [4.78, 5) is 13.5. The number of methoxy groups -OCH3 is 1. The second kappa shape index (κ2) is 8.00. The van der Waals surface area contributed by atoms with Crippen molar-refractivity contribution in [2.45, 2.75) is 46.0 Å². The molecule has 124 valence electrons. The van der Waals surface area contributed by atoms with Crippen molar-refractivity contribution in [3.05, 3.63) is 17.3 Å². The van der Waals surface area contributed by atoms with Gasteiger partial charge in [-0.25, -0.2) is 13.6 Å². The number of esters is 1. The topological polar surface area (TPSA) is 55.3 Å². The molecule has 2 rings (SSSR count). The monoisotopic (exact) mass is 315 g/mol. The van der Waals surface area contributed by atoms with E-state index in [0.717, 1.165) is 0 Å². The average molecular weight is 315 g/mol. The molecule has 0 aliphatic carbocycles. The number of carbonyl (C=O) groups excluding carboxylic acids is 1. The summed E-state index contributed by atoms with van der Waals surface area (Å²) in [6.07, 6.45) is -0.0390. The molecule has 0 spiro atoms. The minimum Gasteiger partial charge on any atom is -0.465 e. The van der Waals surface area contributed by atoms with Gasteiger partial charge in [-0.05, 0) is 19.4 Å². The van der Waals surface area contributed by atoms with Crippen LogP contribution in [0.25, 0.3) is 0 Å². The smallest absolute Gasteiger partial charge is 0.341 e. The second-order valence-corrected chi connectivity index (χ2v) is 4.91.